The van der Waals surface area contributed by atoms with Gasteiger partial charge in [0.25, 0.3) is 5.56 Å². The highest BCUT2D eigenvalue weighted by molar-refractivity contribution is 6.32. The predicted octanol–water partition coefficient (Wildman–Crippen LogP) is 4.64. The molecule has 0 bridgehead atoms. The van der Waals surface area contributed by atoms with Gasteiger partial charge in [-0.05, 0) is 92.2 Å². The number of ether oxygens (including phenoxy) is 1. The molecule has 144 valence electrons. The van der Waals surface area contributed by atoms with Crippen molar-refractivity contribution in [3.05, 3.63) is 39.8 Å². The second-order valence-corrected chi connectivity index (χ2v) is 9.27. The summed E-state index contributed by atoms with van der Waals surface area (Å²) in [6, 6.07) is 5.87. The molecule has 3 saturated carbocycles. The van der Waals surface area contributed by atoms with Crippen LogP contribution in [-0.4, -0.2) is 17.1 Å². The van der Waals surface area contributed by atoms with Gasteiger partial charge in [-0.3, -0.25) is 4.79 Å². The molecule has 1 heterocycles. The third kappa shape index (κ3) is 3.17. The van der Waals surface area contributed by atoms with Crippen LogP contribution in [0.5, 0.6) is 5.75 Å². The maximum atomic E-state index is 11.9. The molecule has 0 radical (unpaired) electrons. The summed E-state index contributed by atoms with van der Waals surface area (Å²) in [4.78, 5) is 14.6. The molecule has 0 spiro atoms. The molecular weight excluding hydrogens is 360 g/mol. The number of aromatic amines is 1. The number of fused-ring (bicyclic) bond motifs is 1. The number of halogens is 1. The minimum atomic E-state index is -0.123. The van der Waals surface area contributed by atoms with Crippen molar-refractivity contribution < 1.29 is 4.74 Å². The van der Waals surface area contributed by atoms with E-state index in [-0.39, 0.29) is 11.7 Å². The average molecular weight is 387 g/mol. The highest BCUT2D eigenvalue weighted by Gasteiger charge is 2.54. The zero-order valence-corrected chi connectivity index (χ0v) is 16.3. The van der Waals surface area contributed by atoms with Crippen LogP contribution in [0.25, 0.3) is 10.8 Å². The number of nitrogens with one attached hydrogen (secondary N) is 1. The number of nitrogens with two attached hydrogens (primary N) is 1. The van der Waals surface area contributed by atoms with Gasteiger partial charge in [0.2, 0.25) is 0 Å². The van der Waals surface area contributed by atoms with Crippen LogP contribution in [0, 0.1) is 17.3 Å². The molecule has 0 saturated heterocycles. The Labute approximate surface area is 164 Å². The number of hydrogen-bond donors (Lipinski definition) is 2. The van der Waals surface area contributed by atoms with Gasteiger partial charge in [0.1, 0.15) is 5.75 Å². The van der Waals surface area contributed by atoms with E-state index in [0.717, 1.165) is 30.1 Å². The van der Waals surface area contributed by atoms with Gasteiger partial charge >= 0.3 is 0 Å². The maximum absolute atomic E-state index is 11.9. The van der Waals surface area contributed by atoms with Gasteiger partial charge in [-0.2, -0.15) is 0 Å². The second-order valence-electron chi connectivity index (χ2n) is 8.86. The van der Waals surface area contributed by atoms with Gasteiger partial charge in [0, 0.05) is 17.6 Å². The topological polar surface area (TPSA) is 68.1 Å². The van der Waals surface area contributed by atoms with Gasteiger partial charge in [0.15, 0.2) is 0 Å². The summed E-state index contributed by atoms with van der Waals surface area (Å²) in [6.07, 6.45) is 11.6. The smallest absolute Gasteiger partial charge is 0.255 e. The zero-order valence-electron chi connectivity index (χ0n) is 15.5. The molecule has 1 atom stereocenters. The van der Waals surface area contributed by atoms with Crippen LogP contribution in [-0.2, 0) is 0 Å². The monoisotopic (exact) mass is 386 g/mol. The highest BCUT2D eigenvalue weighted by Crippen LogP contribution is 2.58. The molecule has 1 aromatic carbocycles. The fraction of sp³-hybridized carbons (Fsp3) is 0.591. The standard InChI is InChI=1S/C22H27ClN2O2/c23-18-12-17-14(7-10-25-21(17)26)11-19(18)27-16-5-8-22(9-6-16,15-3-4-15)20(24)13-1-2-13/h7,10-13,15-16,20H,1-6,8-9,24H2,(H,25,26)/t16-,20?,22+. The van der Waals surface area contributed by atoms with Crippen LogP contribution in [0.3, 0.4) is 0 Å². The Balaban J connectivity index is 1.32. The van der Waals surface area contributed by atoms with E-state index in [9.17, 15) is 4.79 Å². The Hall–Kier alpha value is -1.52. The summed E-state index contributed by atoms with van der Waals surface area (Å²) in [6.45, 7) is 0. The van der Waals surface area contributed by atoms with E-state index in [1.165, 1.54) is 38.5 Å². The van der Waals surface area contributed by atoms with Crippen molar-refractivity contribution in [2.24, 2.45) is 23.0 Å². The fourth-order valence-electron chi connectivity index (χ4n) is 5.30. The van der Waals surface area contributed by atoms with Crippen molar-refractivity contribution in [3.63, 3.8) is 0 Å². The Kier molecular flexibility index (Phi) is 4.25. The van der Waals surface area contributed by atoms with Crippen molar-refractivity contribution in [2.75, 3.05) is 0 Å². The molecule has 1 unspecified atom stereocenters. The van der Waals surface area contributed by atoms with E-state index < -0.39 is 0 Å². The summed E-state index contributed by atoms with van der Waals surface area (Å²) >= 11 is 6.41. The van der Waals surface area contributed by atoms with Crippen LogP contribution >= 0.6 is 11.6 Å². The molecule has 3 fully saturated rings. The highest BCUT2D eigenvalue weighted by atomic mass is 35.5. The Morgan fingerprint density at radius 2 is 1.89 bits per heavy atom. The van der Waals surface area contributed by atoms with Crippen molar-refractivity contribution in [1.29, 1.82) is 0 Å². The first-order valence-electron chi connectivity index (χ1n) is 10.3. The van der Waals surface area contributed by atoms with Crippen molar-refractivity contribution >= 4 is 22.4 Å². The third-order valence-electron chi connectivity index (χ3n) is 7.17. The van der Waals surface area contributed by atoms with E-state index in [4.69, 9.17) is 22.1 Å². The van der Waals surface area contributed by atoms with E-state index in [0.29, 0.717) is 27.6 Å². The van der Waals surface area contributed by atoms with E-state index in [1.54, 1.807) is 12.3 Å². The van der Waals surface area contributed by atoms with E-state index in [1.807, 2.05) is 12.1 Å². The van der Waals surface area contributed by atoms with Gasteiger partial charge in [-0.25, -0.2) is 0 Å². The third-order valence-corrected chi connectivity index (χ3v) is 7.46. The van der Waals surface area contributed by atoms with Gasteiger partial charge in [-0.15, -0.1) is 0 Å². The summed E-state index contributed by atoms with van der Waals surface area (Å²) in [5.41, 5.74) is 6.96. The first kappa shape index (κ1) is 17.6. The van der Waals surface area contributed by atoms with Crippen LogP contribution in [0.15, 0.2) is 29.2 Å². The lowest BCUT2D eigenvalue weighted by atomic mass is 9.64. The van der Waals surface area contributed by atoms with Crippen molar-refractivity contribution in [2.45, 2.75) is 63.5 Å². The number of rotatable bonds is 5. The molecular formula is C22H27ClN2O2. The van der Waals surface area contributed by atoms with Crippen LogP contribution in [0.1, 0.15) is 51.4 Å². The molecule has 0 aliphatic heterocycles. The quantitative estimate of drug-likeness (QED) is 0.786. The molecule has 1 aromatic heterocycles. The number of aromatic nitrogens is 1. The van der Waals surface area contributed by atoms with Crippen molar-refractivity contribution in [3.8, 4) is 5.75 Å². The van der Waals surface area contributed by atoms with Crippen LogP contribution < -0.4 is 16.0 Å². The average Bonchev–Trinajstić information content (AvgIpc) is 3.56. The van der Waals surface area contributed by atoms with Crippen LogP contribution in [0.2, 0.25) is 5.02 Å². The van der Waals surface area contributed by atoms with Gasteiger partial charge < -0.3 is 15.5 Å². The molecule has 5 heteroatoms. The summed E-state index contributed by atoms with van der Waals surface area (Å²) < 4.78 is 6.30. The summed E-state index contributed by atoms with van der Waals surface area (Å²) in [5.74, 6) is 2.28. The predicted molar refractivity (Wildman–Crippen MR) is 108 cm³/mol. The zero-order chi connectivity index (χ0) is 18.6. The molecule has 2 aromatic rings. The summed E-state index contributed by atoms with van der Waals surface area (Å²) in [5, 5.41) is 1.96. The Bertz CT molecular complexity index is 908. The number of pyridine rings is 1. The lowest BCUT2D eigenvalue weighted by molar-refractivity contribution is 0.0388. The number of hydrogen-bond acceptors (Lipinski definition) is 3. The lowest BCUT2D eigenvalue weighted by Crippen LogP contribution is -2.48. The van der Waals surface area contributed by atoms with Gasteiger partial charge in [-0.1, -0.05) is 11.6 Å². The molecule has 3 N–H and O–H groups in total. The maximum Gasteiger partial charge on any atom is 0.255 e. The molecule has 0 amide bonds. The molecule has 5 rings (SSSR count). The molecule has 3 aliphatic rings. The lowest BCUT2D eigenvalue weighted by Gasteiger charge is -2.45. The molecule has 27 heavy (non-hydrogen) atoms. The molecule has 4 nitrogen and oxygen atoms in total. The fourth-order valence-corrected chi connectivity index (χ4v) is 5.51. The van der Waals surface area contributed by atoms with E-state index >= 15 is 0 Å². The minimum absolute atomic E-state index is 0.123. The SMILES string of the molecule is NC(C1CC1)[C@]1(C2CC2)CC[C@H](Oc2cc3cc[nH]c(=O)c3cc2Cl)CC1. The first-order chi connectivity index (χ1) is 13.1. The molecule has 3 aliphatic carbocycles. The number of benzene rings is 1. The number of H-pyrrole nitrogens is 1. The summed E-state index contributed by atoms with van der Waals surface area (Å²) in [7, 11) is 0. The van der Waals surface area contributed by atoms with Gasteiger partial charge in [0.05, 0.1) is 11.1 Å². The van der Waals surface area contributed by atoms with Crippen LogP contribution in [0.4, 0.5) is 0 Å². The largest absolute Gasteiger partial charge is 0.489 e. The Morgan fingerprint density at radius 1 is 1.15 bits per heavy atom. The Morgan fingerprint density at radius 3 is 2.56 bits per heavy atom. The first-order valence-corrected chi connectivity index (χ1v) is 10.7. The normalized spacial score (nSPS) is 29.6. The minimum Gasteiger partial charge on any atom is -0.489 e. The second kappa shape index (κ2) is 6.52. The van der Waals surface area contributed by atoms with Crippen molar-refractivity contribution in [1.82, 2.24) is 4.98 Å². The van der Waals surface area contributed by atoms with E-state index in [2.05, 4.69) is 4.98 Å².